The quantitative estimate of drug-likeness (QED) is 0.432. The first-order valence-corrected chi connectivity index (χ1v) is 11.8. The molecule has 0 amide bonds. The molecule has 1 saturated heterocycles. The molecule has 2 heterocycles. The van der Waals surface area contributed by atoms with Gasteiger partial charge in [-0.25, -0.2) is 0 Å². The van der Waals surface area contributed by atoms with Crippen LogP contribution in [0.4, 0.5) is 5.69 Å². The molecule has 0 radical (unpaired) electrons. The number of nitrogens with zero attached hydrogens (tertiary/aromatic N) is 2. The minimum atomic E-state index is 0.831. The van der Waals surface area contributed by atoms with Crippen molar-refractivity contribution < 1.29 is 4.74 Å². The summed E-state index contributed by atoms with van der Waals surface area (Å²) in [6.45, 7) is 9.12. The Morgan fingerprint density at radius 1 is 0.966 bits per heavy atom. The Kier molecular flexibility index (Phi) is 7.32. The van der Waals surface area contributed by atoms with E-state index in [2.05, 4.69) is 47.1 Å². The van der Waals surface area contributed by atoms with Crippen molar-refractivity contribution in [1.82, 2.24) is 4.90 Å². The van der Waals surface area contributed by atoms with E-state index in [9.17, 15) is 0 Å². The second kappa shape index (κ2) is 10.3. The largest absolute Gasteiger partial charge is 0.494 e. The van der Waals surface area contributed by atoms with Gasteiger partial charge in [0.25, 0.3) is 0 Å². The van der Waals surface area contributed by atoms with Gasteiger partial charge in [0.2, 0.25) is 0 Å². The fraction of sp³-hybridized carbons (Fsp3) is 0.615. The smallest absolute Gasteiger partial charge is 0.119 e. The number of benzene rings is 1. The summed E-state index contributed by atoms with van der Waals surface area (Å²) in [5, 5.41) is 0. The fourth-order valence-electron chi connectivity index (χ4n) is 4.97. The van der Waals surface area contributed by atoms with Gasteiger partial charge >= 0.3 is 0 Å². The summed E-state index contributed by atoms with van der Waals surface area (Å²) >= 11 is 0. The van der Waals surface area contributed by atoms with E-state index in [1.807, 2.05) is 0 Å². The summed E-state index contributed by atoms with van der Waals surface area (Å²) in [5.41, 5.74) is 6.10. The van der Waals surface area contributed by atoms with E-state index in [0.29, 0.717) is 0 Å². The number of fused-ring (bicyclic) bond motifs is 1. The summed E-state index contributed by atoms with van der Waals surface area (Å²) < 4.78 is 6.09. The Morgan fingerprint density at radius 3 is 2.76 bits per heavy atom. The van der Waals surface area contributed by atoms with Crippen LogP contribution in [0.25, 0.3) is 0 Å². The van der Waals surface area contributed by atoms with E-state index in [-0.39, 0.29) is 0 Å². The molecule has 0 saturated carbocycles. The minimum absolute atomic E-state index is 0.831. The third kappa shape index (κ3) is 5.66. The first kappa shape index (κ1) is 20.5. The van der Waals surface area contributed by atoms with Crippen molar-refractivity contribution in [2.24, 2.45) is 0 Å². The third-order valence-corrected chi connectivity index (χ3v) is 6.82. The lowest BCUT2D eigenvalue weighted by Gasteiger charge is -2.26. The summed E-state index contributed by atoms with van der Waals surface area (Å²) in [6, 6.07) is 6.75. The van der Waals surface area contributed by atoms with Gasteiger partial charge in [-0.15, -0.1) is 0 Å². The molecule has 2 aliphatic heterocycles. The van der Waals surface area contributed by atoms with Crippen LogP contribution in [0, 0.1) is 0 Å². The van der Waals surface area contributed by atoms with Crippen LogP contribution in [-0.4, -0.2) is 44.2 Å². The maximum atomic E-state index is 6.09. The zero-order chi connectivity index (χ0) is 19.9. The number of rotatable bonds is 7. The molecule has 1 fully saturated rings. The average Bonchev–Trinajstić information content (AvgIpc) is 3.14. The van der Waals surface area contributed by atoms with Crippen LogP contribution in [0.15, 0.2) is 41.5 Å². The molecule has 158 valence electrons. The topological polar surface area (TPSA) is 15.7 Å². The lowest BCUT2D eigenvalue weighted by Crippen LogP contribution is -2.31. The van der Waals surface area contributed by atoms with Crippen molar-refractivity contribution >= 4 is 5.69 Å². The standard InChI is InChI=1S/C26H38N2O/c1-22-10-5-2-3-6-11-24(22)21-28-18-14-23-20-25(12-13-26(23)28)29-19-9-17-27-15-7-4-8-16-27/h3,6,12-13,20H,2,4-5,7-11,14-19,21H2,1H3/b6-3-,24-22+. The zero-order valence-corrected chi connectivity index (χ0v) is 18.3. The van der Waals surface area contributed by atoms with Gasteiger partial charge in [0.05, 0.1) is 6.61 Å². The number of anilines is 1. The van der Waals surface area contributed by atoms with E-state index < -0.39 is 0 Å². The summed E-state index contributed by atoms with van der Waals surface area (Å²) in [7, 11) is 0. The zero-order valence-electron chi connectivity index (χ0n) is 18.3. The molecule has 0 spiro atoms. The highest BCUT2D eigenvalue weighted by molar-refractivity contribution is 5.61. The van der Waals surface area contributed by atoms with Crippen LogP contribution in [0.3, 0.4) is 0 Å². The van der Waals surface area contributed by atoms with E-state index in [4.69, 9.17) is 4.74 Å². The van der Waals surface area contributed by atoms with Crippen LogP contribution >= 0.6 is 0 Å². The average molecular weight is 395 g/mol. The van der Waals surface area contributed by atoms with E-state index >= 15 is 0 Å². The molecule has 3 aliphatic rings. The number of hydrogen-bond acceptors (Lipinski definition) is 3. The van der Waals surface area contributed by atoms with Gasteiger partial charge in [0, 0.05) is 25.3 Å². The van der Waals surface area contributed by atoms with Crippen molar-refractivity contribution in [3.05, 3.63) is 47.1 Å². The molecule has 1 aromatic carbocycles. The molecule has 1 aliphatic carbocycles. The molecule has 0 atom stereocenters. The summed E-state index contributed by atoms with van der Waals surface area (Å²) in [5.74, 6) is 1.05. The Labute approximate surface area is 177 Å². The van der Waals surface area contributed by atoms with Crippen LogP contribution in [0.5, 0.6) is 5.75 Å². The van der Waals surface area contributed by atoms with E-state index in [0.717, 1.165) is 44.7 Å². The van der Waals surface area contributed by atoms with Crippen molar-refractivity contribution in [3.8, 4) is 5.75 Å². The first-order chi connectivity index (χ1) is 14.3. The van der Waals surface area contributed by atoms with E-state index in [1.54, 1.807) is 11.1 Å². The predicted octanol–water partition coefficient (Wildman–Crippen LogP) is 5.75. The number of allylic oxidation sites excluding steroid dienone is 3. The minimum Gasteiger partial charge on any atom is -0.494 e. The predicted molar refractivity (Wildman–Crippen MR) is 123 cm³/mol. The SMILES string of the molecule is C/C1=C(\CN2CCc3cc(OCCCN4CCCCC4)ccc32)C/C=C\CCC1. The summed E-state index contributed by atoms with van der Waals surface area (Å²) in [6.07, 6.45) is 16.1. The Balaban J connectivity index is 1.29. The summed E-state index contributed by atoms with van der Waals surface area (Å²) in [4.78, 5) is 5.17. The number of piperidine rings is 1. The fourth-order valence-corrected chi connectivity index (χ4v) is 4.97. The maximum Gasteiger partial charge on any atom is 0.119 e. The van der Waals surface area contributed by atoms with E-state index in [1.165, 1.54) is 69.4 Å². The molecular formula is C26H38N2O. The number of likely N-dealkylation sites (tertiary alicyclic amines) is 1. The molecule has 0 N–H and O–H groups in total. The van der Waals surface area contributed by atoms with Crippen LogP contribution in [-0.2, 0) is 6.42 Å². The molecule has 0 unspecified atom stereocenters. The molecule has 29 heavy (non-hydrogen) atoms. The van der Waals surface area contributed by atoms with Crippen LogP contribution in [0.1, 0.15) is 63.9 Å². The maximum absolute atomic E-state index is 6.09. The van der Waals surface area contributed by atoms with Crippen molar-refractivity contribution in [3.63, 3.8) is 0 Å². The highest BCUT2D eigenvalue weighted by Crippen LogP contribution is 2.33. The van der Waals surface area contributed by atoms with Crippen molar-refractivity contribution in [2.75, 3.05) is 44.2 Å². The molecular weight excluding hydrogens is 356 g/mol. The van der Waals surface area contributed by atoms with Gasteiger partial charge in [-0.2, -0.15) is 0 Å². The molecule has 0 bridgehead atoms. The Morgan fingerprint density at radius 2 is 1.86 bits per heavy atom. The van der Waals surface area contributed by atoms with Gasteiger partial charge in [-0.1, -0.05) is 24.1 Å². The van der Waals surface area contributed by atoms with Crippen LogP contribution < -0.4 is 9.64 Å². The second-order valence-electron chi connectivity index (χ2n) is 9.02. The number of ether oxygens (including phenoxy) is 1. The second-order valence-corrected chi connectivity index (χ2v) is 9.02. The highest BCUT2D eigenvalue weighted by Gasteiger charge is 2.21. The van der Waals surface area contributed by atoms with Crippen LogP contribution in [0.2, 0.25) is 0 Å². The molecule has 4 rings (SSSR count). The molecule has 0 aromatic heterocycles. The van der Waals surface area contributed by atoms with Gasteiger partial charge in [-0.3, -0.25) is 0 Å². The van der Waals surface area contributed by atoms with Gasteiger partial charge in [0.1, 0.15) is 5.75 Å². The Bertz CT molecular complexity index is 730. The van der Waals surface area contributed by atoms with Crippen molar-refractivity contribution in [1.29, 1.82) is 0 Å². The van der Waals surface area contributed by atoms with Gasteiger partial charge in [0.15, 0.2) is 0 Å². The van der Waals surface area contributed by atoms with Crippen molar-refractivity contribution in [2.45, 2.75) is 64.7 Å². The number of hydrogen-bond donors (Lipinski definition) is 0. The van der Waals surface area contributed by atoms with Gasteiger partial charge in [-0.05, 0) is 101 Å². The monoisotopic (exact) mass is 394 g/mol. The highest BCUT2D eigenvalue weighted by atomic mass is 16.5. The lowest BCUT2D eigenvalue weighted by molar-refractivity contribution is 0.205. The molecule has 3 nitrogen and oxygen atoms in total. The molecule has 3 heteroatoms. The Hall–Kier alpha value is -1.74. The first-order valence-electron chi connectivity index (χ1n) is 11.8. The third-order valence-electron chi connectivity index (χ3n) is 6.82. The molecule has 1 aromatic rings. The van der Waals surface area contributed by atoms with Gasteiger partial charge < -0.3 is 14.5 Å². The normalized spacial score (nSPS) is 24.1. The lowest BCUT2D eigenvalue weighted by atomic mass is 9.97.